The van der Waals surface area contributed by atoms with E-state index in [-0.39, 0.29) is 17.4 Å². The Morgan fingerprint density at radius 1 is 0.580 bits per heavy atom. The van der Waals surface area contributed by atoms with E-state index in [0.29, 0.717) is 53.5 Å². The molecule has 1 heterocycles. The van der Waals surface area contributed by atoms with Crippen molar-refractivity contribution in [2.75, 3.05) is 0 Å². The van der Waals surface area contributed by atoms with Gasteiger partial charge in [-0.15, -0.1) is 0 Å². The van der Waals surface area contributed by atoms with Gasteiger partial charge in [0.25, 0.3) is 0 Å². The average molecular weight is 730 g/mol. The fraction of sp³-hybridized carbons (Fsp3) is 0.163. The molecule has 0 aliphatic carbocycles. The highest BCUT2D eigenvalue weighted by molar-refractivity contribution is 9.10. The number of halogens is 1. The van der Waals surface area contributed by atoms with Gasteiger partial charge in [0.2, 0.25) is 0 Å². The lowest BCUT2D eigenvalue weighted by Gasteiger charge is -2.41. The second-order valence-electron chi connectivity index (χ2n) is 12.3. The molecule has 50 heavy (non-hydrogen) atoms. The molecule has 0 saturated carbocycles. The maximum atomic E-state index is 10.6. The van der Waals surface area contributed by atoms with Gasteiger partial charge in [0.05, 0.1) is 6.61 Å². The fourth-order valence-electron chi connectivity index (χ4n) is 6.37. The summed E-state index contributed by atoms with van der Waals surface area (Å²) < 4.78 is 27.6. The first kappa shape index (κ1) is 33.3. The molecule has 6 aromatic rings. The van der Waals surface area contributed by atoms with Crippen LogP contribution < -0.4 is 14.2 Å². The van der Waals surface area contributed by atoms with Gasteiger partial charge >= 0.3 is 0 Å². The van der Waals surface area contributed by atoms with Crippen molar-refractivity contribution in [1.82, 2.24) is 0 Å². The fourth-order valence-corrected chi connectivity index (χ4v) is 6.93. The maximum Gasteiger partial charge on any atom is 0.157 e. The third-order valence-corrected chi connectivity index (χ3v) is 9.63. The monoisotopic (exact) mass is 728 g/mol. The van der Waals surface area contributed by atoms with Crippen molar-refractivity contribution < 1.29 is 29.2 Å². The van der Waals surface area contributed by atoms with Crippen LogP contribution in [0.1, 0.15) is 45.4 Å². The summed E-state index contributed by atoms with van der Waals surface area (Å²) in [6.45, 7) is 1.02. The molecule has 1 aliphatic heterocycles. The van der Waals surface area contributed by atoms with Crippen LogP contribution in [0.2, 0.25) is 0 Å². The van der Waals surface area contributed by atoms with E-state index in [4.69, 9.17) is 18.9 Å². The molecular weight excluding hydrogens is 692 g/mol. The van der Waals surface area contributed by atoms with Crippen molar-refractivity contribution in [3.05, 3.63) is 183 Å². The van der Waals surface area contributed by atoms with E-state index in [1.807, 2.05) is 115 Å². The Morgan fingerprint density at radius 2 is 1.12 bits per heavy atom. The number of hydrogen-bond acceptors (Lipinski definition) is 6. The normalized spacial score (nSPS) is 16.6. The highest BCUT2D eigenvalue weighted by Crippen LogP contribution is 2.54. The molecule has 0 saturated heterocycles. The molecule has 6 nitrogen and oxygen atoms in total. The summed E-state index contributed by atoms with van der Waals surface area (Å²) in [6.07, 6.45) is -0.541. The van der Waals surface area contributed by atoms with Gasteiger partial charge in [-0.1, -0.05) is 127 Å². The van der Waals surface area contributed by atoms with E-state index >= 15 is 0 Å². The van der Waals surface area contributed by atoms with E-state index in [9.17, 15) is 10.2 Å². The van der Waals surface area contributed by atoms with E-state index in [0.717, 1.165) is 27.8 Å². The zero-order chi connectivity index (χ0) is 34.3. The first-order chi connectivity index (χ1) is 24.5. The number of fused-ring (bicyclic) bond motifs is 1. The van der Waals surface area contributed by atoms with E-state index in [1.165, 1.54) is 6.07 Å². The van der Waals surface area contributed by atoms with Gasteiger partial charge < -0.3 is 29.2 Å². The molecule has 1 unspecified atom stereocenters. The molecule has 2 N–H and O–H groups in total. The van der Waals surface area contributed by atoms with Crippen LogP contribution in [0.25, 0.3) is 0 Å². The molecule has 6 aromatic carbocycles. The standard InChI is InChI=1S/C43H37BrO6/c44-40-38(47-26-30-15-7-2-8-16-30)25-37-39(43(40)49-28-32-19-11-4-12-20-32)34(23-29-13-5-1-6-14-29)42(48-27-31-17-9-3-10-18-31)41(50-37)33-21-22-35(45)36(46)24-33/h1-22,24-25,34,41-42,45-46H,23,26-28H2/t34?,41-,42-/m1/s1. The number of phenolic OH excluding ortho intramolecular Hbond substituents is 2. The molecule has 0 aromatic heterocycles. The number of hydrogen-bond donors (Lipinski definition) is 2. The minimum atomic E-state index is -0.642. The molecular formula is C43H37BrO6. The summed E-state index contributed by atoms with van der Waals surface area (Å²) in [5.41, 5.74) is 5.73. The van der Waals surface area contributed by atoms with Crippen LogP contribution in [0, 0.1) is 0 Å². The molecule has 0 amide bonds. The minimum absolute atomic E-state index is 0.204. The summed E-state index contributed by atoms with van der Waals surface area (Å²) in [4.78, 5) is 0. The second kappa shape index (κ2) is 15.5. The number of aromatic hydroxyl groups is 2. The Labute approximate surface area is 300 Å². The lowest BCUT2D eigenvalue weighted by molar-refractivity contribution is -0.0641. The summed E-state index contributed by atoms with van der Waals surface area (Å²) in [5, 5.41) is 20.8. The summed E-state index contributed by atoms with van der Waals surface area (Å²) in [5.74, 6) is 1.10. The van der Waals surface area contributed by atoms with Gasteiger partial charge in [0.1, 0.15) is 41.0 Å². The highest BCUT2D eigenvalue weighted by Gasteiger charge is 2.43. The van der Waals surface area contributed by atoms with Crippen LogP contribution in [0.4, 0.5) is 0 Å². The number of rotatable bonds is 12. The Bertz CT molecular complexity index is 2000. The van der Waals surface area contributed by atoms with Gasteiger partial charge in [-0.05, 0) is 62.3 Å². The molecule has 1 aliphatic rings. The third kappa shape index (κ3) is 7.65. The highest BCUT2D eigenvalue weighted by atomic mass is 79.9. The van der Waals surface area contributed by atoms with Crippen molar-refractivity contribution in [3.8, 4) is 28.7 Å². The molecule has 7 heteroatoms. The number of phenols is 2. The Balaban J connectivity index is 1.37. The van der Waals surface area contributed by atoms with Crippen molar-refractivity contribution in [2.24, 2.45) is 0 Å². The zero-order valence-corrected chi connectivity index (χ0v) is 28.9. The average Bonchev–Trinajstić information content (AvgIpc) is 3.16. The summed E-state index contributed by atoms with van der Waals surface area (Å²) >= 11 is 3.89. The van der Waals surface area contributed by atoms with Crippen molar-refractivity contribution in [3.63, 3.8) is 0 Å². The molecule has 0 fully saturated rings. The van der Waals surface area contributed by atoms with Crippen LogP contribution in [-0.4, -0.2) is 16.3 Å². The maximum absolute atomic E-state index is 10.6. The summed E-state index contributed by atoms with van der Waals surface area (Å²) in [7, 11) is 0. The minimum Gasteiger partial charge on any atom is -0.504 e. The topological polar surface area (TPSA) is 77.4 Å². The van der Waals surface area contributed by atoms with E-state index in [2.05, 4.69) is 28.1 Å². The van der Waals surface area contributed by atoms with Crippen LogP contribution in [0.5, 0.6) is 28.7 Å². The first-order valence-corrected chi connectivity index (χ1v) is 17.4. The second-order valence-corrected chi connectivity index (χ2v) is 13.1. The van der Waals surface area contributed by atoms with Gasteiger partial charge in [-0.25, -0.2) is 0 Å². The van der Waals surface area contributed by atoms with Gasteiger partial charge in [0, 0.05) is 17.5 Å². The van der Waals surface area contributed by atoms with Gasteiger partial charge in [0.15, 0.2) is 17.6 Å². The van der Waals surface area contributed by atoms with E-state index < -0.39 is 12.2 Å². The largest absolute Gasteiger partial charge is 0.504 e. The lowest BCUT2D eigenvalue weighted by atomic mass is 9.80. The van der Waals surface area contributed by atoms with Crippen LogP contribution in [0.3, 0.4) is 0 Å². The Hall–Kier alpha value is -5.24. The van der Waals surface area contributed by atoms with Gasteiger partial charge in [-0.3, -0.25) is 0 Å². The smallest absolute Gasteiger partial charge is 0.157 e. The predicted octanol–water partition coefficient (Wildman–Crippen LogP) is 10.1. The predicted molar refractivity (Wildman–Crippen MR) is 197 cm³/mol. The Kier molecular flexibility index (Phi) is 10.3. The third-order valence-electron chi connectivity index (χ3n) is 8.88. The van der Waals surface area contributed by atoms with Crippen molar-refractivity contribution in [1.29, 1.82) is 0 Å². The van der Waals surface area contributed by atoms with Crippen LogP contribution in [-0.2, 0) is 31.0 Å². The number of benzene rings is 6. The molecule has 0 spiro atoms. The van der Waals surface area contributed by atoms with Crippen LogP contribution >= 0.6 is 15.9 Å². The van der Waals surface area contributed by atoms with Gasteiger partial charge in [-0.2, -0.15) is 0 Å². The first-order valence-electron chi connectivity index (χ1n) is 16.6. The van der Waals surface area contributed by atoms with Crippen LogP contribution in [0.15, 0.2) is 150 Å². The number of ether oxygens (including phenoxy) is 4. The lowest BCUT2D eigenvalue weighted by Crippen LogP contribution is -2.38. The molecule has 3 atom stereocenters. The zero-order valence-electron chi connectivity index (χ0n) is 27.3. The van der Waals surface area contributed by atoms with Crippen molar-refractivity contribution in [2.45, 2.75) is 44.4 Å². The molecule has 0 bridgehead atoms. The molecule has 0 radical (unpaired) electrons. The van der Waals surface area contributed by atoms with Crippen molar-refractivity contribution >= 4 is 15.9 Å². The molecule has 252 valence electrons. The molecule has 7 rings (SSSR count). The summed E-state index contributed by atoms with van der Waals surface area (Å²) in [6, 6.07) is 47.1. The van der Waals surface area contributed by atoms with E-state index in [1.54, 1.807) is 12.1 Å². The Morgan fingerprint density at radius 3 is 1.70 bits per heavy atom. The SMILES string of the molecule is Oc1ccc([C@H]2Oc3cc(OCc4ccccc4)c(Br)c(OCc4ccccc4)c3C(Cc3ccccc3)[C@H]2OCc2ccccc2)cc1O. The quantitative estimate of drug-likeness (QED) is 0.122.